The molecular weight excluding hydrogens is 1580 g/mol. The molecule has 12 rings (SSSR count). The van der Waals surface area contributed by atoms with Gasteiger partial charge in [0.05, 0.1) is 109 Å². The molecule has 7 heterocycles. The second kappa shape index (κ2) is 39.4. The molecule has 0 spiro atoms. The lowest BCUT2D eigenvalue weighted by atomic mass is 9.80. The van der Waals surface area contributed by atoms with Crippen molar-refractivity contribution in [3.63, 3.8) is 0 Å². The standard InChI is InChI=1S/C98H139NO17SSi3/c1-21-57-105-58-41-42-70-60-67(7)80(106-70)55-53-71-59-66(6)68(8)82(107-71)64-83-86(87(104-20)84(109-83)63-73-65-99(98(18,19)112-73)94(101)113-95(9,10)11)93(117(102,103)74-43-31-26-32-44-74)79(100)61-72-54-56-81-88(108-72)92(116-120(97(15,16)17,77-49-37-29-38-50-77)78-51-39-30-40-52-78)91-90(110-81)89(85(111-91)62-69(22-2)114-118(23-3,24-4)25-5)115-119(96(12,13)14,75-45-33-27-34-46-75)76-47-35-28-36-48-76/h21-22,26-52,66,69-73,79-93,100H,1-2,7-8,23-25,53-65H2,3-6,9-20H3/t66-,69?,70+,71+,72-,73+,79?,80+,81+,82-,83+,84-,85-,86+,87+,88+,89+,90+,91-,92+,93-/m1/s1. The van der Waals surface area contributed by atoms with Gasteiger partial charge in [0.1, 0.15) is 41.8 Å². The SMILES string of the molecule is C=CCOCC=C[C@H]1CC(=C)[C@H](CC[C@H]2C[C@@H](C)C(=C)[C@@H](C[C@@H]3O[C@H](C[C@H]4CN(C(=O)OC(C)(C)C)C(C)(C)O4)[C@H](OC)[C@H]3[C@@H](C(O)C[C@H]3CC[C@@H]4O[C@@H]5[C@@H](O[C@H](CC(C=C)O[Si](CC)(CC)CC)[C@@H]5O[Si](c5ccccc5)(c5ccccc5)C(C)(C)C)[C@@H](O[Si](c5ccccc5)(c5ccccc5)C(C)(C)C)[C@H]4O3)S(=O)(=O)c3ccccc3)O2)O1. The number of amides is 1. The maximum atomic E-state index is 16.6. The van der Waals surface area contributed by atoms with Crippen molar-refractivity contribution < 1.29 is 79.0 Å². The zero-order valence-corrected chi connectivity index (χ0v) is 78.2. The fourth-order valence-corrected chi connectivity index (χ4v) is 34.9. The van der Waals surface area contributed by atoms with E-state index in [0.717, 1.165) is 56.4 Å². The zero-order chi connectivity index (χ0) is 86.3. The quantitative estimate of drug-likeness (QED) is 0.0228. The lowest BCUT2D eigenvalue weighted by molar-refractivity contribution is -0.257. The van der Waals surface area contributed by atoms with Gasteiger partial charge >= 0.3 is 6.09 Å². The minimum atomic E-state index is -4.54. The predicted molar refractivity (Wildman–Crippen MR) is 483 cm³/mol. The van der Waals surface area contributed by atoms with E-state index in [0.29, 0.717) is 51.7 Å². The lowest BCUT2D eigenvalue weighted by Crippen LogP contribution is -2.73. The fourth-order valence-electron chi connectivity index (χ4n) is 20.5. The minimum Gasteiger partial charge on any atom is -0.444 e. The van der Waals surface area contributed by atoms with Crippen LogP contribution >= 0.6 is 0 Å². The number of hydrogen-bond acceptors (Lipinski definition) is 17. The summed E-state index contributed by atoms with van der Waals surface area (Å²) in [6.45, 7) is 50.3. The van der Waals surface area contributed by atoms with Crippen molar-refractivity contribution in [2.75, 3.05) is 26.9 Å². The predicted octanol–water partition coefficient (Wildman–Crippen LogP) is 16.7. The van der Waals surface area contributed by atoms with Gasteiger partial charge in [0.2, 0.25) is 0 Å². The number of hydrogen-bond donors (Lipinski definition) is 1. The summed E-state index contributed by atoms with van der Waals surface area (Å²) in [6.07, 6.45) is -0.675. The Morgan fingerprint density at radius 2 is 1.18 bits per heavy atom. The van der Waals surface area contributed by atoms with Gasteiger partial charge in [0.15, 0.2) is 18.2 Å². The molecule has 2 unspecified atom stereocenters. The van der Waals surface area contributed by atoms with Crippen LogP contribution in [0.5, 0.6) is 0 Å². The number of nitrogens with zero attached hydrogens (tertiary/aromatic N) is 1. The molecule has 656 valence electrons. The number of carbonyl (C=O) groups is 1. The average molecular weight is 1720 g/mol. The van der Waals surface area contributed by atoms with Crippen LogP contribution in [0.1, 0.15) is 168 Å². The maximum Gasteiger partial charge on any atom is 0.412 e. The van der Waals surface area contributed by atoms with Crippen molar-refractivity contribution in [2.24, 2.45) is 11.8 Å². The largest absolute Gasteiger partial charge is 0.444 e. The number of fused-ring (bicyclic) bond motifs is 2. The molecule has 0 aromatic heterocycles. The maximum absolute atomic E-state index is 16.6. The van der Waals surface area contributed by atoms with Gasteiger partial charge in [-0.3, -0.25) is 4.90 Å². The monoisotopic (exact) mass is 1720 g/mol. The van der Waals surface area contributed by atoms with E-state index >= 15 is 8.42 Å². The molecule has 18 nitrogen and oxygen atoms in total. The number of benzene rings is 5. The summed E-state index contributed by atoms with van der Waals surface area (Å²) in [7, 11) is -12.2. The average Bonchev–Trinajstić information content (AvgIpc) is 1.54. The van der Waals surface area contributed by atoms with Gasteiger partial charge in [-0.25, -0.2) is 13.2 Å². The highest BCUT2D eigenvalue weighted by Gasteiger charge is 2.66. The van der Waals surface area contributed by atoms with Crippen molar-refractivity contribution in [3.8, 4) is 0 Å². The third-order valence-corrected chi connectivity index (χ3v) is 43.7. The van der Waals surface area contributed by atoms with Gasteiger partial charge < -0.3 is 65.8 Å². The first-order valence-corrected chi connectivity index (χ1v) is 52.2. The number of rotatable bonds is 35. The van der Waals surface area contributed by atoms with Crippen molar-refractivity contribution in [1.29, 1.82) is 0 Å². The van der Waals surface area contributed by atoms with Crippen LogP contribution in [0.2, 0.25) is 28.2 Å². The first-order valence-electron chi connectivity index (χ1n) is 44.3. The van der Waals surface area contributed by atoms with E-state index in [1.165, 1.54) is 0 Å². The van der Waals surface area contributed by atoms with E-state index in [2.05, 4.69) is 198 Å². The number of ether oxygens (including phenoxy) is 10. The fraction of sp³-hybridized carbons (Fsp3) is 0.582. The molecule has 1 N–H and O–H groups in total. The lowest BCUT2D eigenvalue weighted by Gasteiger charge is -2.53. The molecule has 5 aromatic carbocycles. The van der Waals surface area contributed by atoms with Crippen molar-refractivity contribution in [2.45, 2.75) is 328 Å². The second-order valence-electron chi connectivity index (χ2n) is 38.1. The van der Waals surface area contributed by atoms with Gasteiger partial charge in [-0.2, -0.15) is 0 Å². The Morgan fingerprint density at radius 1 is 0.625 bits per heavy atom. The Kier molecular flexibility index (Phi) is 30.6. The molecule has 5 aromatic rings. The molecule has 0 aliphatic carbocycles. The summed E-state index contributed by atoms with van der Waals surface area (Å²) in [5, 5.41) is 15.9. The van der Waals surface area contributed by atoms with Crippen LogP contribution in [0.15, 0.2) is 218 Å². The van der Waals surface area contributed by atoms with Crippen LogP contribution < -0.4 is 20.7 Å². The highest BCUT2D eigenvalue weighted by Crippen LogP contribution is 2.52. The van der Waals surface area contributed by atoms with Gasteiger partial charge in [-0.1, -0.05) is 246 Å². The Labute approximate surface area is 720 Å². The van der Waals surface area contributed by atoms with E-state index in [1.807, 2.05) is 65.0 Å². The molecule has 120 heavy (non-hydrogen) atoms. The van der Waals surface area contributed by atoms with Crippen molar-refractivity contribution in [3.05, 3.63) is 213 Å². The van der Waals surface area contributed by atoms with Gasteiger partial charge in [0.25, 0.3) is 16.6 Å². The molecule has 21 atom stereocenters. The van der Waals surface area contributed by atoms with Crippen LogP contribution in [-0.2, 0) is 70.5 Å². The van der Waals surface area contributed by atoms with Crippen molar-refractivity contribution in [1.82, 2.24) is 4.90 Å². The molecular formula is C98H139NO17SSi3. The zero-order valence-electron chi connectivity index (χ0n) is 74.3. The van der Waals surface area contributed by atoms with E-state index < -0.39 is 165 Å². The normalized spacial score (nSPS) is 29.6. The molecule has 22 heteroatoms. The smallest absolute Gasteiger partial charge is 0.412 e. The Bertz CT molecular complexity index is 4240. The summed E-state index contributed by atoms with van der Waals surface area (Å²) in [4.78, 5) is 15.7. The number of aliphatic hydroxyl groups is 1. The van der Waals surface area contributed by atoms with E-state index in [9.17, 15) is 9.90 Å². The second-order valence-corrected chi connectivity index (χ2v) is 53.5. The van der Waals surface area contributed by atoms with Crippen LogP contribution in [0.3, 0.4) is 0 Å². The van der Waals surface area contributed by atoms with Crippen molar-refractivity contribution >= 4 is 61.6 Å². The van der Waals surface area contributed by atoms with Crippen LogP contribution in [0.4, 0.5) is 4.79 Å². The van der Waals surface area contributed by atoms with Gasteiger partial charge in [0, 0.05) is 45.1 Å². The number of aliphatic hydroxyl groups excluding tert-OH is 1. The van der Waals surface area contributed by atoms with Crippen LogP contribution in [0, 0.1) is 11.8 Å². The molecule has 7 saturated heterocycles. The number of methoxy groups -OCH3 is 1. The number of carbonyl (C=O) groups excluding carboxylic acids is 1. The molecule has 7 fully saturated rings. The molecule has 0 saturated carbocycles. The molecule has 7 aliphatic rings. The highest BCUT2D eigenvalue weighted by molar-refractivity contribution is 7.92. The molecule has 0 radical (unpaired) electrons. The van der Waals surface area contributed by atoms with E-state index in [-0.39, 0.29) is 54.9 Å². The van der Waals surface area contributed by atoms with Crippen LogP contribution in [0.25, 0.3) is 0 Å². The Morgan fingerprint density at radius 3 is 1.70 bits per heavy atom. The highest BCUT2D eigenvalue weighted by atomic mass is 32.2. The first-order chi connectivity index (χ1) is 57.1. The molecule has 0 bridgehead atoms. The topological polar surface area (TPSA) is 195 Å². The summed E-state index contributed by atoms with van der Waals surface area (Å²) in [5.41, 5.74) is 0.0366. The van der Waals surface area contributed by atoms with Gasteiger partial charge in [-0.15, -0.1) is 13.2 Å². The first kappa shape index (κ1) is 93.3. The van der Waals surface area contributed by atoms with Crippen LogP contribution in [-0.4, -0.2) is 203 Å². The van der Waals surface area contributed by atoms with E-state index in [1.54, 1.807) is 48.4 Å². The Balaban J connectivity index is 0.945. The molecule has 7 aliphatic heterocycles. The summed E-state index contributed by atoms with van der Waals surface area (Å²) < 4.78 is 128. The van der Waals surface area contributed by atoms with Gasteiger partial charge in [-0.05, 0) is 145 Å². The minimum absolute atomic E-state index is 0.0216. The van der Waals surface area contributed by atoms with E-state index in [4.69, 9.17) is 67.2 Å². The summed E-state index contributed by atoms with van der Waals surface area (Å²) in [6, 6.07) is 54.0. The summed E-state index contributed by atoms with van der Waals surface area (Å²) >= 11 is 0. The third-order valence-electron chi connectivity index (χ3n) is 26.7. The Hall–Kier alpha value is -5.85. The number of sulfone groups is 1. The third kappa shape index (κ3) is 20.3. The summed E-state index contributed by atoms with van der Waals surface area (Å²) in [5.74, 6) is -1.01. The molecule has 1 amide bonds.